The van der Waals surface area contributed by atoms with Crippen LogP contribution in [0.5, 0.6) is 0 Å². The van der Waals surface area contributed by atoms with E-state index >= 15 is 0 Å². The summed E-state index contributed by atoms with van der Waals surface area (Å²) in [7, 11) is -3.67. The van der Waals surface area contributed by atoms with Crippen molar-refractivity contribution in [3.05, 3.63) is 56.7 Å². The lowest BCUT2D eigenvalue weighted by atomic mass is 10.2. The van der Waals surface area contributed by atoms with E-state index in [1.54, 1.807) is 18.3 Å². The van der Waals surface area contributed by atoms with Crippen LogP contribution in [0.2, 0.25) is 0 Å². The van der Waals surface area contributed by atoms with E-state index in [1.807, 2.05) is 12.1 Å². The molecule has 2 rings (SSSR count). The van der Waals surface area contributed by atoms with Crippen molar-refractivity contribution < 1.29 is 8.42 Å². The summed E-state index contributed by atoms with van der Waals surface area (Å²) < 4.78 is 24.4. The smallest absolute Gasteiger partial charge is 0.238 e. The van der Waals surface area contributed by atoms with E-state index in [1.165, 1.54) is 6.07 Å². The summed E-state index contributed by atoms with van der Waals surface area (Å²) in [6.45, 7) is 1.08. The Labute approximate surface area is 140 Å². The van der Waals surface area contributed by atoms with Gasteiger partial charge in [0.25, 0.3) is 0 Å². The van der Waals surface area contributed by atoms with Crippen LogP contribution in [0.3, 0.4) is 0 Å². The highest BCUT2D eigenvalue weighted by molar-refractivity contribution is 9.11. The third-order valence-electron chi connectivity index (χ3n) is 2.73. The fourth-order valence-electron chi connectivity index (χ4n) is 1.73. The molecular weight excluding hydrogens is 422 g/mol. The summed E-state index contributed by atoms with van der Waals surface area (Å²) in [6, 6.07) is 8.47. The summed E-state index contributed by atoms with van der Waals surface area (Å²) in [4.78, 5) is 4.41. The number of hydrogen-bond donors (Lipinski definition) is 2. The quantitative estimate of drug-likeness (QED) is 0.757. The zero-order valence-corrected chi connectivity index (χ0v) is 14.9. The van der Waals surface area contributed by atoms with E-state index in [9.17, 15) is 8.42 Å². The molecule has 0 fully saturated rings. The van der Waals surface area contributed by atoms with Crippen LogP contribution in [0.1, 0.15) is 11.3 Å². The molecule has 0 amide bonds. The van der Waals surface area contributed by atoms with Crippen molar-refractivity contribution in [2.24, 2.45) is 5.14 Å². The number of nitrogens with two attached hydrogens (primary N) is 1. The standard InChI is InChI=1S/C13H13Br2N3O2S/c14-10-5-12(15)13(18-7-10)8-17-6-9-2-1-3-11(4-9)21(16,19)20/h1-5,7,17H,6,8H2,(H2,16,19,20). The van der Waals surface area contributed by atoms with Gasteiger partial charge in [-0.1, -0.05) is 12.1 Å². The normalized spacial score (nSPS) is 11.6. The topological polar surface area (TPSA) is 85.1 Å². The van der Waals surface area contributed by atoms with Crippen LogP contribution in [0.25, 0.3) is 0 Å². The van der Waals surface area contributed by atoms with Crippen LogP contribution in [-0.2, 0) is 23.1 Å². The molecule has 0 atom stereocenters. The van der Waals surface area contributed by atoms with Gasteiger partial charge in [-0.3, -0.25) is 4.98 Å². The van der Waals surface area contributed by atoms with Crippen molar-refractivity contribution in [3.63, 3.8) is 0 Å². The van der Waals surface area contributed by atoms with E-state index in [2.05, 4.69) is 42.2 Å². The van der Waals surface area contributed by atoms with Crippen molar-refractivity contribution >= 4 is 41.9 Å². The minimum atomic E-state index is -3.67. The van der Waals surface area contributed by atoms with Gasteiger partial charge in [-0.15, -0.1) is 0 Å². The average Bonchev–Trinajstić information content (AvgIpc) is 2.41. The molecule has 0 saturated carbocycles. The van der Waals surface area contributed by atoms with E-state index < -0.39 is 10.0 Å². The molecule has 0 aliphatic rings. The van der Waals surface area contributed by atoms with Gasteiger partial charge >= 0.3 is 0 Å². The Hall–Kier alpha value is -0.800. The Morgan fingerprint density at radius 1 is 1.19 bits per heavy atom. The molecule has 21 heavy (non-hydrogen) atoms. The number of pyridine rings is 1. The van der Waals surface area contributed by atoms with E-state index in [-0.39, 0.29) is 4.90 Å². The Morgan fingerprint density at radius 3 is 2.62 bits per heavy atom. The molecule has 1 aromatic carbocycles. The Morgan fingerprint density at radius 2 is 1.95 bits per heavy atom. The lowest BCUT2D eigenvalue weighted by Crippen LogP contribution is -2.16. The molecule has 0 radical (unpaired) electrons. The number of aromatic nitrogens is 1. The fraction of sp³-hybridized carbons (Fsp3) is 0.154. The van der Waals surface area contributed by atoms with Crippen molar-refractivity contribution in [3.8, 4) is 0 Å². The van der Waals surface area contributed by atoms with Gasteiger partial charge in [0.05, 0.1) is 10.6 Å². The van der Waals surface area contributed by atoms with Crippen LogP contribution in [0.15, 0.2) is 50.4 Å². The molecule has 5 nitrogen and oxygen atoms in total. The molecule has 3 N–H and O–H groups in total. The Balaban J connectivity index is 2.01. The van der Waals surface area contributed by atoms with Crippen LogP contribution in [0.4, 0.5) is 0 Å². The lowest BCUT2D eigenvalue weighted by molar-refractivity contribution is 0.597. The maximum Gasteiger partial charge on any atom is 0.238 e. The first kappa shape index (κ1) is 16.6. The molecule has 1 aromatic heterocycles. The molecule has 0 aliphatic heterocycles. The molecule has 1 heterocycles. The molecule has 0 spiro atoms. The predicted octanol–water partition coefficient (Wildman–Crippen LogP) is 2.54. The summed E-state index contributed by atoms with van der Waals surface area (Å²) >= 11 is 6.79. The van der Waals surface area contributed by atoms with E-state index in [0.29, 0.717) is 13.1 Å². The molecule has 0 aliphatic carbocycles. The number of halogens is 2. The van der Waals surface area contributed by atoms with Crippen molar-refractivity contribution in [2.75, 3.05) is 0 Å². The number of rotatable bonds is 5. The zero-order chi connectivity index (χ0) is 15.5. The largest absolute Gasteiger partial charge is 0.307 e. The van der Waals surface area contributed by atoms with Crippen LogP contribution >= 0.6 is 31.9 Å². The first-order valence-corrected chi connectivity index (χ1v) is 9.12. The van der Waals surface area contributed by atoms with Gasteiger partial charge in [0.2, 0.25) is 10.0 Å². The van der Waals surface area contributed by atoms with Gasteiger partial charge in [0, 0.05) is 28.2 Å². The Kier molecular flexibility index (Phi) is 5.50. The molecule has 0 unspecified atom stereocenters. The highest BCUT2D eigenvalue weighted by Crippen LogP contribution is 2.19. The summed E-state index contributed by atoms with van der Waals surface area (Å²) in [5.41, 5.74) is 1.72. The maximum absolute atomic E-state index is 11.3. The first-order chi connectivity index (χ1) is 9.86. The molecule has 0 saturated heterocycles. The second kappa shape index (κ2) is 6.97. The monoisotopic (exact) mass is 433 g/mol. The number of sulfonamides is 1. The van der Waals surface area contributed by atoms with Gasteiger partial charge in [0.1, 0.15) is 0 Å². The van der Waals surface area contributed by atoms with Crippen molar-refractivity contribution in [1.82, 2.24) is 10.3 Å². The fourth-order valence-corrected chi connectivity index (χ4v) is 3.44. The highest BCUT2D eigenvalue weighted by Gasteiger charge is 2.08. The molecule has 2 aromatic rings. The zero-order valence-electron chi connectivity index (χ0n) is 10.9. The second-order valence-corrected chi connectivity index (χ2v) is 7.71. The summed E-state index contributed by atoms with van der Waals surface area (Å²) in [5, 5.41) is 8.32. The van der Waals surface area contributed by atoms with E-state index in [0.717, 1.165) is 20.2 Å². The minimum Gasteiger partial charge on any atom is -0.307 e. The van der Waals surface area contributed by atoms with Gasteiger partial charge in [-0.25, -0.2) is 13.6 Å². The van der Waals surface area contributed by atoms with E-state index in [4.69, 9.17) is 5.14 Å². The summed E-state index contributed by atoms with van der Waals surface area (Å²) in [5.74, 6) is 0. The SMILES string of the molecule is NS(=O)(=O)c1cccc(CNCc2ncc(Br)cc2Br)c1. The molecule has 112 valence electrons. The first-order valence-electron chi connectivity index (χ1n) is 5.98. The lowest BCUT2D eigenvalue weighted by Gasteiger charge is -2.07. The second-order valence-electron chi connectivity index (χ2n) is 4.38. The van der Waals surface area contributed by atoms with Crippen LogP contribution < -0.4 is 10.5 Å². The van der Waals surface area contributed by atoms with Gasteiger partial charge in [0.15, 0.2) is 0 Å². The van der Waals surface area contributed by atoms with Crippen LogP contribution in [0, 0.1) is 0 Å². The summed E-state index contributed by atoms with van der Waals surface area (Å²) in [6.07, 6.45) is 1.73. The number of benzene rings is 1. The predicted molar refractivity (Wildman–Crippen MR) is 88.0 cm³/mol. The maximum atomic E-state index is 11.3. The third-order valence-corrected chi connectivity index (χ3v) is 4.76. The van der Waals surface area contributed by atoms with Gasteiger partial charge in [-0.05, 0) is 55.6 Å². The molecular formula is C13H13Br2N3O2S. The Bertz CT molecular complexity index is 751. The highest BCUT2D eigenvalue weighted by atomic mass is 79.9. The number of primary sulfonamides is 1. The van der Waals surface area contributed by atoms with Gasteiger partial charge < -0.3 is 5.32 Å². The average molecular weight is 435 g/mol. The number of nitrogens with one attached hydrogen (secondary N) is 1. The van der Waals surface area contributed by atoms with Gasteiger partial charge in [-0.2, -0.15) is 0 Å². The third kappa shape index (κ3) is 4.86. The number of nitrogens with zero attached hydrogens (tertiary/aromatic N) is 1. The number of hydrogen-bond acceptors (Lipinski definition) is 4. The molecule has 8 heteroatoms. The van der Waals surface area contributed by atoms with Crippen LogP contribution in [-0.4, -0.2) is 13.4 Å². The minimum absolute atomic E-state index is 0.116. The van der Waals surface area contributed by atoms with Crippen molar-refractivity contribution in [1.29, 1.82) is 0 Å². The molecule has 0 bridgehead atoms. The van der Waals surface area contributed by atoms with Crippen molar-refractivity contribution in [2.45, 2.75) is 18.0 Å².